The fourth-order valence-corrected chi connectivity index (χ4v) is 3.86. The van der Waals surface area contributed by atoms with Crippen molar-refractivity contribution in [2.45, 2.75) is 12.6 Å². The lowest BCUT2D eigenvalue weighted by molar-refractivity contribution is -0.0400. The molecule has 0 saturated carbocycles. The number of hydrogen-bond donors (Lipinski definition) is 0. The Morgan fingerprint density at radius 2 is 1.70 bits per heavy atom. The second kappa shape index (κ2) is 7.60. The standard InChI is InChI=1S/C20H18Cl2N2O3/c21-17-6-5-13(9-18(17)22)10-23-7-8-27-14(11-23)12-24-19(25)15-3-1-2-4-16(15)20(24)26/h1-6,9,14H,7-8,10-12H2/t14-/m0/s1. The normalized spacial score (nSPS) is 20.2. The molecule has 7 heteroatoms. The minimum absolute atomic E-state index is 0.219. The average molecular weight is 405 g/mol. The third-order valence-corrected chi connectivity index (χ3v) is 5.62. The Labute approximate surface area is 167 Å². The number of fused-ring (bicyclic) bond motifs is 1. The molecule has 2 heterocycles. The van der Waals surface area contributed by atoms with E-state index in [0.29, 0.717) is 40.9 Å². The van der Waals surface area contributed by atoms with Gasteiger partial charge in [-0.1, -0.05) is 41.4 Å². The molecule has 1 saturated heterocycles. The molecule has 0 N–H and O–H groups in total. The molecule has 2 aliphatic heterocycles. The molecular weight excluding hydrogens is 387 g/mol. The van der Waals surface area contributed by atoms with Gasteiger partial charge >= 0.3 is 0 Å². The van der Waals surface area contributed by atoms with Crippen LogP contribution in [0.1, 0.15) is 26.3 Å². The van der Waals surface area contributed by atoms with Crippen LogP contribution < -0.4 is 0 Å². The molecule has 5 nitrogen and oxygen atoms in total. The number of imide groups is 1. The van der Waals surface area contributed by atoms with Gasteiger partial charge in [0.1, 0.15) is 0 Å². The highest BCUT2D eigenvalue weighted by atomic mass is 35.5. The van der Waals surface area contributed by atoms with Crippen LogP contribution in [-0.4, -0.2) is 54.0 Å². The molecule has 2 amide bonds. The molecule has 0 aromatic heterocycles. The highest BCUT2D eigenvalue weighted by Crippen LogP contribution is 2.25. The van der Waals surface area contributed by atoms with Gasteiger partial charge in [0.25, 0.3) is 11.8 Å². The average Bonchev–Trinajstić information content (AvgIpc) is 2.90. The first-order valence-electron chi connectivity index (χ1n) is 8.76. The van der Waals surface area contributed by atoms with E-state index in [2.05, 4.69) is 4.90 Å². The maximum absolute atomic E-state index is 12.5. The highest BCUT2D eigenvalue weighted by molar-refractivity contribution is 6.42. The van der Waals surface area contributed by atoms with Gasteiger partial charge < -0.3 is 4.74 Å². The molecule has 0 bridgehead atoms. The molecule has 4 rings (SSSR count). The van der Waals surface area contributed by atoms with E-state index >= 15 is 0 Å². The molecule has 27 heavy (non-hydrogen) atoms. The van der Waals surface area contributed by atoms with Gasteiger partial charge in [0.15, 0.2) is 0 Å². The van der Waals surface area contributed by atoms with Crippen LogP contribution in [0.4, 0.5) is 0 Å². The summed E-state index contributed by atoms with van der Waals surface area (Å²) in [6.07, 6.45) is -0.219. The van der Waals surface area contributed by atoms with Crippen molar-refractivity contribution in [2.75, 3.05) is 26.2 Å². The van der Waals surface area contributed by atoms with Crippen LogP contribution in [0.5, 0.6) is 0 Å². The fourth-order valence-electron chi connectivity index (χ4n) is 3.54. The van der Waals surface area contributed by atoms with Crippen molar-refractivity contribution in [3.05, 3.63) is 69.2 Å². The smallest absolute Gasteiger partial charge is 0.261 e. The summed E-state index contributed by atoms with van der Waals surface area (Å²) in [7, 11) is 0. The predicted octanol–water partition coefficient (Wildman–Crippen LogP) is 3.49. The summed E-state index contributed by atoms with van der Waals surface area (Å²) in [6, 6.07) is 12.5. The zero-order chi connectivity index (χ0) is 19.0. The van der Waals surface area contributed by atoms with Crippen LogP contribution in [0.2, 0.25) is 10.0 Å². The first-order chi connectivity index (χ1) is 13.0. The van der Waals surface area contributed by atoms with E-state index < -0.39 is 0 Å². The third kappa shape index (κ3) is 3.73. The molecule has 1 fully saturated rings. The number of morpholine rings is 1. The molecule has 0 aliphatic carbocycles. The van der Waals surface area contributed by atoms with Gasteiger partial charge in [-0.15, -0.1) is 0 Å². The van der Waals surface area contributed by atoms with Crippen molar-refractivity contribution < 1.29 is 14.3 Å². The Morgan fingerprint density at radius 3 is 2.37 bits per heavy atom. The number of amides is 2. The van der Waals surface area contributed by atoms with E-state index in [9.17, 15) is 9.59 Å². The Hall–Kier alpha value is -1.92. The molecular formula is C20H18Cl2N2O3. The zero-order valence-electron chi connectivity index (χ0n) is 14.5. The largest absolute Gasteiger partial charge is 0.374 e. The fraction of sp³-hybridized carbons (Fsp3) is 0.300. The monoisotopic (exact) mass is 404 g/mol. The third-order valence-electron chi connectivity index (χ3n) is 4.88. The van der Waals surface area contributed by atoms with Crippen LogP contribution in [0.15, 0.2) is 42.5 Å². The molecule has 2 aromatic carbocycles. The van der Waals surface area contributed by atoms with Gasteiger partial charge in [0, 0.05) is 19.6 Å². The summed E-state index contributed by atoms with van der Waals surface area (Å²) in [5.74, 6) is -0.499. The molecule has 2 aliphatic rings. The summed E-state index contributed by atoms with van der Waals surface area (Å²) >= 11 is 12.1. The number of hydrogen-bond acceptors (Lipinski definition) is 4. The van der Waals surface area contributed by atoms with Crippen molar-refractivity contribution in [3.63, 3.8) is 0 Å². The lowest BCUT2D eigenvalue weighted by Gasteiger charge is -2.34. The number of nitrogens with zero attached hydrogens (tertiary/aromatic N) is 2. The zero-order valence-corrected chi connectivity index (χ0v) is 16.0. The summed E-state index contributed by atoms with van der Waals surface area (Å²) in [4.78, 5) is 28.6. The minimum atomic E-state index is -0.249. The lowest BCUT2D eigenvalue weighted by atomic mass is 10.1. The van der Waals surface area contributed by atoms with Crippen LogP contribution >= 0.6 is 23.2 Å². The first-order valence-corrected chi connectivity index (χ1v) is 9.51. The summed E-state index contributed by atoms with van der Waals surface area (Å²) in [5.41, 5.74) is 1.99. The number of rotatable bonds is 4. The number of halogens is 2. The Morgan fingerprint density at radius 1 is 1.00 bits per heavy atom. The Balaban J connectivity index is 1.41. The van der Waals surface area contributed by atoms with Crippen LogP contribution in [0, 0.1) is 0 Å². The SMILES string of the molecule is O=C1c2ccccc2C(=O)N1C[C@@H]1CN(Cc2ccc(Cl)c(Cl)c2)CCO1. The van der Waals surface area contributed by atoms with Crippen LogP contribution in [0.3, 0.4) is 0 Å². The summed E-state index contributed by atoms with van der Waals surface area (Å²) < 4.78 is 5.81. The molecule has 2 aromatic rings. The number of benzene rings is 2. The van der Waals surface area contributed by atoms with Crippen molar-refractivity contribution in [1.29, 1.82) is 0 Å². The summed E-state index contributed by atoms with van der Waals surface area (Å²) in [6.45, 7) is 2.92. The number of carbonyl (C=O) groups is 2. The van der Waals surface area contributed by atoms with Crippen molar-refractivity contribution in [1.82, 2.24) is 9.80 Å². The molecule has 1 atom stereocenters. The van der Waals surface area contributed by atoms with E-state index in [1.165, 1.54) is 4.90 Å². The maximum atomic E-state index is 12.5. The van der Waals surface area contributed by atoms with Crippen LogP contribution in [0.25, 0.3) is 0 Å². The van der Waals surface area contributed by atoms with E-state index in [1.54, 1.807) is 30.3 Å². The van der Waals surface area contributed by atoms with Crippen molar-refractivity contribution in [2.24, 2.45) is 0 Å². The van der Waals surface area contributed by atoms with Crippen molar-refractivity contribution >= 4 is 35.0 Å². The lowest BCUT2D eigenvalue weighted by Crippen LogP contribution is -2.48. The predicted molar refractivity (Wildman–Crippen MR) is 103 cm³/mol. The topological polar surface area (TPSA) is 49.9 Å². The van der Waals surface area contributed by atoms with Gasteiger partial charge in [-0.3, -0.25) is 19.4 Å². The quantitative estimate of drug-likeness (QED) is 0.731. The molecule has 0 spiro atoms. The van der Waals surface area contributed by atoms with Crippen molar-refractivity contribution in [3.8, 4) is 0 Å². The van der Waals surface area contributed by atoms with Gasteiger partial charge in [-0.05, 0) is 29.8 Å². The van der Waals surface area contributed by atoms with Gasteiger partial charge in [0.05, 0.1) is 40.4 Å². The number of ether oxygens (including phenoxy) is 1. The van der Waals surface area contributed by atoms with Gasteiger partial charge in [-0.25, -0.2) is 0 Å². The second-order valence-electron chi connectivity index (χ2n) is 6.74. The Bertz CT molecular complexity index is 868. The van der Waals surface area contributed by atoms with Crippen LogP contribution in [-0.2, 0) is 11.3 Å². The van der Waals surface area contributed by atoms with E-state index in [-0.39, 0.29) is 24.5 Å². The molecule has 140 valence electrons. The van der Waals surface area contributed by atoms with E-state index in [1.807, 2.05) is 12.1 Å². The first kappa shape index (κ1) is 18.4. The number of carbonyl (C=O) groups excluding carboxylic acids is 2. The Kier molecular flexibility index (Phi) is 5.19. The van der Waals surface area contributed by atoms with E-state index in [0.717, 1.165) is 12.1 Å². The van der Waals surface area contributed by atoms with Gasteiger partial charge in [0.2, 0.25) is 0 Å². The maximum Gasteiger partial charge on any atom is 0.261 e. The van der Waals surface area contributed by atoms with Gasteiger partial charge in [-0.2, -0.15) is 0 Å². The molecule has 0 unspecified atom stereocenters. The highest BCUT2D eigenvalue weighted by Gasteiger charge is 2.37. The summed E-state index contributed by atoms with van der Waals surface area (Å²) in [5, 5.41) is 1.07. The van der Waals surface area contributed by atoms with E-state index in [4.69, 9.17) is 27.9 Å². The molecule has 0 radical (unpaired) electrons. The minimum Gasteiger partial charge on any atom is -0.374 e. The second-order valence-corrected chi connectivity index (χ2v) is 7.56.